The van der Waals surface area contributed by atoms with Gasteiger partial charge in [-0.2, -0.15) is 0 Å². The third kappa shape index (κ3) is 3.12. The molecule has 1 N–H and O–H groups in total. The van der Waals surface area contributed by atoms with E-state index in [0.29, 0.717) is 12.2 Å². The molecule has 102 valence electrons. The molecular formula is C14H19N3O2. The van der Waals surface area contributed by atoms with Gasteiger partial charge in [0.25, 0.3) is 0 Å². The molecule has 0 saturated carbocycles. The van der Waals surface area contributed by atoms with E-state index in [1.54, 1.807) is 4.68 Å². The lowest BCUT2D eigenvalue weighted by molar-refractivity contribution is -0.785. The Labute approximate surface area is 112 Å². The number of aromatic nitrogens is 2. The average molecular weight is 261 g/mol. The van der Waals surface area contributed by atoms with Crippen LogP contribution in [0.4, 0.5) is 0 Å². The van der Waals surface area contributed by atoms with Crippen LogP contribution in [-0.2, 0) is 6.54 Å². The summed E-state index contributed by atoms with van der Waals surface area (Å²) < 4.78 is 6.33. The second-order valence-electron chi connectivity index (χ2n) is 4.86. The van der Waals surface area contributed by atoms with Crippen LogP contribution in [0.1, 0.15) is 44.1 Å². The van der Waals surface area contributed by atoms with Gasteiger partial charge in [-0.3, -0.25) is 0 Å². The molecule has 1 aromatic heterocycles. The van der Waals surface area contributed by atoms with E-state index in [0.717, 1.165) is 0 Å². The molecule has 0 spiro atoms. The second-order valence-corrected chi connectivity index (χ2v) is 4.86. The maximum absolute atomic E-state index is 11.6. The Balaban J connectivity index is 2.05. The number of rotatable bonds is 5. The van der Waals surface area contributed by atoms with Crippen molar-refractivity contribution in [3.8, 4) is 5.95 Å². The van der Waals surface area contributed by atoms with E-state index < -0.39 is 0 Å². The van der Waals surface area contributed by atoms with Crippen LogP contribution in [0.3, 0.4) is 0 Å². The third-order valence-electron chi connectivity index (χ3n) is 3.09. The smallest absolute Gasteiger partial charge is 0.247 e. The molecule has 0 amide bonds. The van der Waals surface area contributed by atoms with Gasteiger partial charge in [0.05, 0.1) is 11.8 Å². The van der Waals surface area contributed by atoms with E-state index >= 15 is 0 Å². The zero-order valence-electron chi connectivity index (χ0n) is 11.5. The highest BCUT2D eigenvalue weighted by molar-refractivity contribution is 5.18. The molecule has 1 aromatic carbocycles. The molecule has 2 rings (SSSR count). The van der Waals surface area contributed by atoms with Crippen molar-refractivity contribution < 1.29 is 14.3 Å². The van der Waals surface area contributed by atoms with Gasteiger partial charge < -0.3 is 14.9 Å². The molecule has 0 fully saturated rings. The topological polar surface area (TPSA) is 65.0 Å². The molecule has 1 unspecified atom stereocenters. The fourth-order valence-corrected chi connectivity index (χ4v) is 1.95. The number of hydrogen-bond donors (Lipinski definition) is 1. The summed E-state index contributed by atoms with van der Waals surface area (Å²) in [4.78, 5) is 0. The van der Waals surface area contributed by atoms with Crippen molar-refractivity contribution in [3.05, 3.63) is 41.6 Å². The Morgan fingerprint density at radius 1 is 1.26 bits per heavy atom. The van der Waals surface area contributed by atoms with E-state index in [2.05, 4.69) is 29.6 Å². The fraction of sp³-hybridized carbons (Fsp3) is 0.429. The Kier molecular flexibility index (Phi) is 4.16. The van der Waals surface area contributed by atoms with Crippen molar-refractivity contribution in [3.63, 3.8) is 0 Å². The van der Waals surface area contributed by atoms with Crippen LogP contribution in [0, 0.1) is 0 Å². The molecule has 19 heavy (non-hydrogen) atoms. The molecule has 0 radical (unpaired) electrons. The molecule has 0 aliphatic carbocycles. The zero-order chi connectivity index (χ0) is 13.8. The Morgan fingerprint density at radius 3 is 2.58 bits per heavy atom. The van der Waals surface area contributed by atoms with E-state index in [1.807, 2.05) is 32.0 Å². The van der Waals surface area contributed by atoms with E-state index in [9.17, 15) is 5.11 Å². The van der Waals surface area contributed by atoms with Gasteiger partial charge in [-0.1, -0.05) is 35.0 Å². The summed E-state index contributed by atoms with van der Waals surface area (Å²) in [6, 6.07) is 10.4. The van der Waals surface area contributed by atoms with Crippen molar-refractivity contribution in [2.75, 3.05) is 0 Å². The minimum atomic E-state index is -0.374. The monoisotopic (exact) mass is 261 g/mol. The number of nitrogens with zero attached hydrogens (tertiary/aromatic N) is 2. The van der Waals surface area contributed by atoms with Gasteiger partial charge >= 0.3 is 0 Å². The first kappa shape index (κ1) is 13.5. The minimum absolute atomic E-state index is 0.107. The summed E-state index contributed by atoms with van der Waals surface area (Å²) >= 11 is 0. The fourth-order valence-electron chi connectivity index (χ4n) is 1.95. The number of nitrogens with one attached hydrogen (secondary N) is 1. The SMILES string of the molecule is CC(NCc1c([O-])on[n+]1C(C)C)c1ccccc1. The molecule has 1 heterocycles. The zero-order valence-corrected chi connectivity index (χ0v) is 11.5. The second kappa shape index (κ2) is 5.84. The van der Waals surface area contributed by atoms with Gasteiger partial charge in [0, 0.05) is 6.04 Å². The van der Waals surface area contributed by atoms with Crippen molar-refractivity contribution in [1.29, 1.82) is 0 Å². The standard InChI is InChI=1S/C14H19N3O2/c1-10(2)17-13(14(18)19-16-17)9-15-11(3)12-7-5-4-6-8-12/h4-8,10-11,15H,9H2,1-3H3. The van der Waals surface area contributed by atoms with E-state index in [4.69, 9.17) is 4.52 Å². The lowest BCUT2D eigenvalue weighted by Crippen LogP contribution is -2.43. The summed E-state index contributed by atoms with van der Waals surface area (Å²) in [6.45, 7) is 6.43. The molecule has 0 aliphatic heterocycles. The molecule has 0 aliphatic rings. The van der Waals surface area contributed by atoms with E-state index in [1.165, 1.54) is 5.56 Å². The van der Waals surface area contributed by atoms with Crippen molar-refractivity contribution in [1.82, 2.24) is 10.6 Å². The summed E-state index contributed by atoms with van der Waals surface area (Å²) in [7, 11) is 0. The summed E-state index contributed by atoms with van der Waals surface area (Å²) in [5, 5.41) is 18.7. The van der Waals surface area contributed by atoms with Crippen molar-refractivity contribution in [2.24, 2.45) is 0 Å². The normalized spacial score (nSPS) is 12.8. The van der Waals surface area contributed by atoms with Gasteiger partial charge in [-0.25, -0.2) is 0 Å². The van der Waals surface area contributed by atoms with Gasteiger partial charge in [0.1, 0.15) is 0 Å². The maximum Gasteiger partial charge on any atom is 0.247 e. The van der Waals surface area contributed by atoms with Crippen LogP contribution in [-0.4, -0.2) is 5.27 Å². The highest BCUT2D eigenvalue weighted by atomic mass is 16.6. The molecule has 1 atom stereocenters. The first-order chi connectivity index (χ1) is 9.09. The van der Waals surface area contributed by atoms with E-state index in [-0.39, 0.29) is 18.0 Å². The van der Waals surface area contributed by atoms with Crippen LogP contribution >= 0.6 is 0 Å². The highest BCUT2D eigenvalue weighted by Crippen LogP contribution is 2.14. The van der Waals surface area contributed by atoms with Crippen LogP contribution in [0.2, 0.25) is 0 Å². The van der Waals surface area contributed by atoms with Crippen LogP contribution in [0.15, 0.2) is 34.9 Å². The molecule has 5 nitrogen and oxygen atoms in total. The molecule has 0 bridgehead atoms. The predicted octanol–water partition coefficient (Wildman–Crippen LogP) is 1.47. The van der Waals surface area contributed by atoms with Crippen LogP contribution in [0.25, 0.3) is 0 Å². The third-order valence-corrected chi connectivity index (χ3v) is 3.09. The maximum atomic E-state index is 11.6. The molecular weight excluding hydrogens is 242 g/mol. The van der Waals surface area contributed by atoms with Gasteiger partial charge in [-0.05, 0) is 26.3 Å². The lowest BCUT2D eigenvalue weighted by Gasteiger charge is -2.13. The average Bonchev–Trinajstić information content (AvgIpc) is 2.78. The number of hydrogen-bond acceptors (Lipinski definition) is 4. The Hall–Kier alpha value is -1.88. The summed E-state index contributed by atoms with van der Waals surface area (Å²) in [6.07, 6.45) is 0. The van der Waals surface area contributed by atoms with Crippen molar-refractivity contribution >= 4 is 0 Å². The van der Waals surface area contributed by atoms with Crippen LogP contribution in [0.5, 0.6) is 5.95 Å². The van der Waals surface area contributed by atoms with Gasteiger partial charge in [0.15, 0.2) is 12.0 Å². The first-order valence-electron chi connectivity index (χ1n) is 6.45. The predicted molar refractivity (Wildman–Crippen MR) is 68.2 cm³/mol. The molecule has 5 heteroatoms. The Bertz CT molecular complexity index is 523. The summed E-state index contributed by atoms with van der Waals surface area (Å²) in [5.74, 6) is -0.374. The molecule has 2 aromatic rings. The molecule has 0 saturated heterocycles. The minimum Gasteiger partial charge on any atom is -0.539 e. The van der Waals surface area contributed by atoms with Gasteiger partial charge in [-0.15, -0.1) is 0 Å². The largest absolute Gasteiger partial charge is 0.539 e. The Morgan fingerprint density at radius 2 is 1.95 bits per heavy atom. The van der Waals surface area contributed by atoms with Gasteiger partial charge in [0.2, 0.25) is 5.69 Å². The lowest BCUT2D eigenvalue weighted by atomic mass is 10.1. The first-order valence-corrected chi connectivity index (χ1v) is 6.45. The highest BCUT2D eigenvalue weighted by Gasteiger charge is 2.20. The quantitative estimate of drug-likeness (QED) is 0.828. The van der Waals surface area contributed by atoms with Crippen LogP contribution < -0.4 is 15.1 Å². The number of benzene rings is 1. The van der Waals surface area contributed by atoms with Crippen molar-refractivity contribution in [2.45, 2.75) is 39.4 Å². The summed E-state index contributed by atoms with van der Waals surface area (Å²) in [5.41, 5.74) is 1.74.